The number of anilines is 1. The number of nitrogens with one attached hydrogen (secondary N) is 1. The number of thiophene rings is 1. The number of halogens is 1. The summed E-state index contributed by atoms with van der Waals surface area (Å²) in [6.45, 7) is 1.68. The van der Waals surface area contributed by atoms with Gasteiger partial charge in [0.2, 0.25) is 10.0 Å². The second-order valence-electron chi connectivity index (χ2n) is 4.80. The van der Waals surface area contributed by atoms with Gasteiger partial charge in [-0.2, -0.15) is 4.98 Å². The van der Waals surface area contributed by atoms with Crippen LogP contribution >= 0.6 is 11.3 Å². The van der Waals surface area contributed by atoms with Gasteiger partial charge in [-0.3, -0.25) is 4.72 Å². The fourth-order valence-electron chi connectivity index (χ4n) is 1.95. The summed E-state index contributed by atoms with van der Waals surface area (Å²) in [5.74, 6) is 0.0577. The van der Waals surface area contributed by atoms with Crippen molar-refractivity contribution in [3.8, 4) is 10.8 Å². The van der Waals surface area contributed by atoms with E-state index in [1.807, 2.05) is 0 Å². The molecule has 2 aromatic heterocycles. The largest absolute Gasteiger partial charge is 0.333 e. The molecule has 23 heavy (non-hydrogen) atoms. The average molecular weight is 353 g/mol. The minimum absolute atomic E-state index is 0.259. The fraction of sp³-hybridized carbons (Fsp3) is 0.143. The Labute approximate surface area is 136 Å². The summed E-state index contributed by atoms with van der Waals surface area (Å²) >= 11 is 1.29. The molecule has 1 N–H and O–H groups in total. The van der Waals surface area contributed by atoms with E-state index in [4.69, 9.17) is 4.52 Å². The number of benzene rings is 1. The van der Waals surface area contributed by atoms with E-state index in [1.54, 1.807) is 18.4 Å². The van der Waals surface area contributed by atoms with Gasteiger partial charge in [0.25, 0.3) is 5.89 Å². The van der Waals surface area contributed by atoms with E-state index in [0.717, 1.165) is 0 Å². The first-order valence-corrected chi connectivity index (χ1v) is 9.09. The standard InChI is InChI=1S/C14H12FN3O3S2/c1-9-16-14(21-17-9)13-12(6-7-22-13)18-23(19,20)8-10-2-4-11(15)5-3-10/h2-7,18H,8H2,1H3. The van der Waals surface area contributed by atoms with E-state index < -0.39 is 15.8 Å². The van der Waals surface area contributed by atoms with Crippen LogP contribution in [0.15, 0.2) is 40.2 Å². The normalized spacial score (nSPS) is 11.6. The lowest BCUT2D eigenvalue weighted by molar-refractivity contribution is 0.426. The predicted molar refractivity (Wildman–Crippen MR) is 85.0 cm³/mol. The maximum Gasteiger partial charge on any atom is 0.270 e. The maximum absolute atomic E-state index is 12.9. The smallest absolute Gasteiger partial charge is 0.270 e. The SMILES string of the molecule is Cc1noc(-c2sccc2NS(=O)(=O)Cc2ccc(F)cc2)n1. The topological polar surface area (TPSA) is 85.1 Å². The zero-order valence-electron chi connectivity index (χ0n) is 12.0. The summed E-state index contributed by atoms with van der Waals surface area (Å²) < 4.78 is 45.0. The molecule has 0 fully saturated rings. The Morgan fingerprint density at radius 1 is 1.26 bits per heavy atom. The van der Waals surface area contributed by atoms with Gasteiger partial charge in [-0.25, -0.2) is 12.8 Å². The van der Waals surface area contributed by atoms with Gasteiger partial charge in [0.15, 0.2) is 5.82 Å². The molecule has 0 atom stereocenters. The van der Waals surface area contributed by atoms with E-state index in [0.29, 0.717) is 22.0 Å². The molecular weight excluding hydrogens is 341 g/mol. The second kappa shape index (κ2) is 6.09. The minimum atomic E-state index is -3.65. The van der Waals surface area contributed by atoms with Crippen molar-refractivity contribution >= 4 is 27.0 Å². The molecule has 0 unspecified atom stereocenters. The number of hydrogen-bond donors (Lipinski definition) is 1. The fourth-order valence-corrected chi connectivity index (χ4v) is 3.99. The Morgan fingerprint density at radius 2 is 2.00 bits per heavy atom. The van der Waals surface area contributed by atoms with Crippen molar-refractivity contribution in [2.45, 2.75) is 12.7 Å². The highest BCUT2D eigenvalue weighted by Crippen LogP contribution is 2.33. The van der Waals surface area contributed by atoms with Crippen LogP contribution in [0.5, 0.6) is 0 Å². The van der Waals surface area contributed by atoms with Crippen molar-refractivity contribution in [2.75, 3.05) is 4.72 Å². The molecule has 0 aliphatic carbocycles. The predicted octanol–water partition coefficient (Wildman–Crippen LogP) is 3.19. The first-order valence-electron chi connectivity index (χ1n) is 6.56. The van der Waals surface area contributed by atoms with Crippen molar-refractivity contribution in [2.24, 2.45) is 0 Å². The van der Waals surface area contributed by atoms with E-state index in [9.17, 15) is 12.8 Å². The number of rotatable bonds is 5. The average Bonchev–Trinajstić information content (AvgIpc) is 3.09. The van der Waals surface area contributed by atoms with Crippen LogP contribution in [0.1, 0.15) is 11.4 Å². The van der Waals surface area contributed by atoms with Crippen molar-refractivity contribution in [1.82, 2.24) is 10.1 Å². The number of aromatic nitrogens is 2. The molecule has 0 bridgehead atoms. The van der Waals surface area contributed by atoms with Crippen LogP contribution in [0.4, 0.5) is 10.1 Å². The maximum atomic E-state index is 12.9. The van der Waals surface area contributed by atoms with Gasteiger partial charge in [0, 0.05) is 0 Å². The van der Waals surface area contributed by atoms with Crippen molar-refractivity contribution in [3.63, 3.8) is 0 Å². The van der Waals surface area contributed by atoms with E-state index in [2.05, 4.69) is 14.9 Å². The molecule has 0 spiro atoms. The third kappa shape index (κ3) is 3.74. The van der Waals surface area contributed by atoms with E-state index in [1.165, 1.54) is 35.6 Å². The highest BCUT2D eigenvalue weighted by Gasteiger charge is 2.19. The summed E-state index contributed by atoms with van der Waals surface area (Å²) in [6.07, 6.45) is 0. The molecule has 0 saturated heterocycles. The van der Waals surface area contributed by atoms with Crippen LogP contribution in [0, 0.1) is 12.7 Å². The van der Waals surface area contributed by atoms with Crippen LogP contribution < -0.4 is 4.72 Å². The number of aryl methyl sites for hydroxylation is 1. The van der Waals surface area contributed by atoms with Crippen LogP contribution in [0.3, 0.4) is 0 Å². The van der Waals surface area contributed by atoms with Crippen LogP contribution in [-0.2, 0) is 15.8 Å². The highest BCUT2D eigenvalue weighted by molar-refractivity contribution is 7.92. The Balaban J connectivity index is 1.81. The number of hydrogen-bond acceptors (Lipinski definition) is 6. The first kappa shape index (κ1) is 15.6. The van der Waals surface area contributed by atoms with Gasteiger partial charge < -0.3 is 4.52 Å². The molecule has 9 heteroatoms. The highest BCUT2D eigenvalue weighted by atomic mass is 32.2. The molecule has 3 rings (SSSR count). The molecule has 0 aliphatic heterocycles. The molecular formula is C14H12FN3O3S2. The van der Waals surface area contributed by atoms with Crippen LogP contribution in [0.25, 0.3) is 10.8 Å². The van der Waals surface area contributed by atoms with Gasteiger partial charge in [-0.05, 0) is 36.1 Å². The summed E-state index contributed by atoms with van der Waals surface area (Å²) in [4.78, 5) is 4.64. The molecule has 0 radical (unpaired) electrons. The van der Waals surface area contributed by atoms with E-state index >= 15 is 0 Å². The quantitative estimate of drug-likeness (QED) is 0.761. The first-order chi connectivity index (χ1) is 10.9. The van der Waals surface area contributed by atoms with Gasteiger partial charge in [-0.15, -0.1) is 11.3 Å². The van der Waals surface area contributed by atoms with Crippen molar-refractivity contribution in [3.05, 3.63) is 52.9 Å². The molecule has 1 aromatic carbocycles. The molecule has 6 nitrogen and oxygen atoms in total. The number of sulfonamides is 1. The summed E-state index contributed by atoms with van der Waals surface area (Å²) in [7, 11) is -3.65. The molecule has 3 aromatic rings. The van der Waals surface area contributed by atoms with Crippen molar-refractivity contribution in [1.29, 1.82) is 0 Å². The Bertz CT molecular complexity index is 917. The molecule has 0 amide bonds. The molecule has 120 valence electrons. The van der Waals surface area contributed by atoms with Gasteiger partial charge in [0.05, 0.1) is 11.4 Å². The van der Waals surface area contributed by atoms with Crippen LogP contribution in [0.2, 0.25) is 0 Å². The molecule has 0 saturated carbocycles. The lowest BCUT2D eigenvalue weighted by Crippen LogP contribution is -2.15. The Morgan fingerprint density at radius 3 is 2.65 bits per heavy atom. The second-order valence-corrected chi connectivity index (χ2v) is 7.44. The minimum Gasteiger partial charge on any atom is -0.333 e. The third-order valence-electron chi connectivity index (χ3n) is 2.92. The molecule has 0 aliphatic rings. The van der Waals surface area contributed by atoms with Gasteiger partial charge in [0.1, 0.15) is 10.7 Å². The van der Waals surface area contributed by atoms with Crippen molar-refractivity contribution < 1.29 is 17.3 Å². The summed E-state index contributed by atoms with van der Waals surface area (Å²) in [5, 5.41) is 5.42. The Kier molecular flexibility index (Phi) is 4.14. The van der Waals surface area contributed by atoms with E-state index in [-0.39, 0.29) is 11.6 Å². The zero-order valence-corrected chi connectivity index (χ0v) is 13.6. The summed E-state index contributed by atoms with van der Waals surface area (Å²) in [5.41, 5.74) is 0.866. The zero-order chi connectivity index (χ0) is 16.4. The summed E-state index contributed by atoms with van der Waals surface area (Å²) in [6, 6.07) is 6.95. The lowest BCUT2D eigenvalue weighted by Gasteiger charge is -2.07. The monoisotopic (exact) mass is 353 g/mol. The lowest BCUT2D eigenvalue weighted by atomic mass is 10.2. The molecule has 2 heterocycles. The van der Waals surface area contributed by atoms with Gasteiger partial charge >= 0.3 is 0 Å². The Hall–Kier alpha value is -2.26. The number of nitrogens with zero attached hydrogens (tertiary/aromatic N) is 2. The third-order valence-corrected chi connectivity index (χ3v) is 5.07. The van der Waals surface area contributed by atoms with Crippen LogP contribution in [-0.4, -0.2) is 18.6 Å². The van der Waals surface area contributed by atoms with Gasteiger partial charge in [-0.1, -0.05) is 17.3 Å².